The van der Waals surface area contributed by atoms with Crippen molar-refractivity contribution in [3.63, 3.8) is 0 Å². The van der Waals surface area contributed by atoms with E-state index < -0.39 is 5.41 Å². The predicted octanol–water partition coefficient (Wildman–Crippen LogP) is 2.51. The van der Waals surface area contributed by atoms with Crippen LogP contribution in [0.4, 0.5) is 0 Å². The topological polar surface area (TPSA) is 76.7 Å². The highest BCUT2D eigenvalue weighted by Gasteiger charge is 2.42. The highest BCUT2D eigenvalue weighted by atomic mass is 16.5. The molecule has 0 radical (unpaired) electrons. The fourth-order valence-corrected chi connectivity index (χ4v) is 4.04. The Labute approximate surface area is 170 Å². The molecule has 0 aromatic heterocycles. The fourth-order valence-electron chi connectivity index (χ4n) is 4.04. The van der Waals surface area contributed by atoms with Gasteiger partial charge in [0.1, 0.15) is 12.4 Å². The number of carbonyl (C=O) groups is 2. The summed E-state index contributed by atoms with van der Waals surface area (Å²) < 4.78 is 11.2. The summed E-state index contributed by atoms with van der Waals surface area (Å²) in [6, 6.07) is 13.6. The van der Waals surface area contributed by atoms with Gasteiger partial charge < -0.3 is 20.1 Å². The lowest BCUT2D eigenvalue weighted by Gasteiger charge is -2.24. The van der Waals surface area contributed by atoms with Crippen LogP contribution in [0.25, 0.3) is 0 Å². The van der Waals surface area contributed by atoms with Crippen LogP contribution in [0.3, 0.4) is 0 Å². The molecule has 0 saturated heterocycles. The lowest BCUT2D eigenvalue weighted by atomic mass is 9.77. The molecule has 1 aliphatic carbocycles. The zero-order valence-electron chi connectivity index (χ0n) is 17.0. The zero-order chi connectivity index (χ0) is 20.6. The summed E-state index contributed by atoms with van der Waals surface area (Å²) in [6.07, 6.45) is 0.914. The molecule has 6 nitrogen and oxygen atoms in total. The molecular weight excluding hydrogens is 368 g/mol. The summed E-state index contributed by atoms with van der Waals surface area (Å²) in [7, 11) is 3.24. The summed E-state index contributed by atoms with van der Waals surface area (Å²) in [5, 5.41) is 5.71. The van der Waals surface area contributed by atoms with Gasteiger partial charge >= 0.3 is 0 Å². The van der Waals surface area contributed by atoms with Gasteiger partial charge in [-0.1, -0.05) is 30.3 Å². The summed E-state index contributed by atoms with van der Waals surface area (Å²) >= 11 is 0. The SMILES string of the molecule is CNC(=O)c1cc(C(=O)N[C@H]2C[C@@H]2COC)cc2c1OCC2(C)c1ccccc1. The van der Waals surface area contributed by atoms with E-state index in [9.17, 15) is 9.59 Å². The van der Waals surface area contributed by atoms with Gasteiger partial charge in [-0.25, -0.2) is 0 Å². The van der Waals surface area contributed by atoms with Gasteiger partial charge in [-0.15, -0.1) is 0 Å². The average Bonchev–Trinajstić information content (AvgIpc) is 3.38. The second-order valence-corrected chi connectivity index (χ2v) is 8.00. The van der Waals surface area contributed by atoms with E-state index >= 15 is 0 Å². The van der Waals surface area contributed by atoms with Crippen LogP contribution in [0.2, 0.25) is 0 Å². The Bertz CT molecular complexity index is 943. The third kappa shape index (κ3) is 3.49. The molecule has 2 aliphatic rings. The van der Waals surface area contributed by atoms with Crippen molar-refractivity contribution in [2.75, 3.05) is 27.4 Å². The molecule has 1 fully saturated rings. The maximum absolute atomic E-state index is 12.9. The Morgan fingerprint density at radius 3 is 2.66 bits per heavy atom. The molecule has 1 aliphatic heterocycles. The first-order valence-corrected chi connectivity index (χ1v) is 9.86. The molecule has 3 atom stereocenters. The lowest BCUT2D eigenvalue weighted by Crippen LogP contribution is -2.29. The van der Waals surface area contributed by atoms with Crippen LogP contribution in [0.15, 0.2) is 42.5 Å². The minimum atomic E-state index is -0.437. The third-order valence-electron chi connectivity index (χ3n) is 5.95. The summed E-state index contributed by atoms with van der Waals surface area (Å²) in [4.78, 5) is 25.5. The number of benzene rings is 2. The number of rotatable bonds is 6. The largest absolute Gasteiger partial charge is 0.491 e. The van der Waals surface area contributed by atoms with E-state index in [4.69, 9.17) is 9.47 Å². The maximum atomic E-state index is 12.9. The van der Waals surface area contributed by atoms with Gasteiger partial charge in [0.2, 0.25) is 0 Å². The van der Waals surface area contributed by atoms with E-state index in [1.165, 1.54) is 0 Å². The van der Waals surface area contributed by atoms with Crippen molar-refractivity contribution in [3.05, 3.63) is 64.7 Å². The normalized spacial score (nSPS) is 24.4. The predicted molar refractivity (Wildman–Crippen MR) is 109 cm³/mol. The van der Waals surface area contributed by atoms with Crippen molar-refractivity contribution in [1.82, 2.24) is 10.6 Å². The molecule has 29 heavy (non-hydrogen) atoms. The number of methoxy groups -OCH3 is 1. The molecule has 152 valence electrons. The van der Waals surface area contributed by atoms with Crippen LogP contribution < -0.4 is 15.4 Å². The van der Waals surface area contributed by atoms with Crippen LogP contribution in [0.5, 0.6) is 5.75 Å². The molecule has 1 unspecified atom stereocenters. The van der Waals surface area contributed by atoms with Gasteiger partial charge in [0.25, 0.3) is 11.8 Å². The van der Waals surface area contributed by atoms with Crippen molar-refractivity contribution in [3.8, 4) is 5.75 Å². The van der Waals surface area contributed by atoms with E-state index in [0.29, 0.717) is 36.0 Å². The lowest BCUT2D eigenvalue weighted by molar-refractivity contribution is 0.0945. The monoisotopic (exact) mass is 394 g/mol. The number of nitrogens with one attached hydrogen (secondary N) is 2. The first-order chi connectivity index (χ1) is 14.0. The van der Waals surface area contributed by atoms with Crippen molar-refractivity contribution in [1.29, 1.82) is 0 Å². The van der Waals surface area contributed by atoms with Gasteiger partial charge in [0.05, 0.1) is 17.6 Å². The molecule has 2 aromatic rings. The summed E-state index contributed by atoms with van der Waals surface area (Å²) in [5.41, 5.74) is 2.37. The van der Waals surface area contributed by atoms with Crippen LogP contribution in [0, 0.1) is 5.92 Å². The minimum Gasteiger partial charge on any atom is -0.491 e. The van der Waals surface area contributed by atoms with Gasteiger partial charge in [-0.05, 0) is 31.0 Å². The Morgan fingerprint density at radius 2 is 1.97 bits per heavy atom. The number of hydrogen-bond donors (Lipinski definition) is 2. The number of carbonyl (C=O) groups excluding carboxylic acids is 2. The highest BCUT2D eigenvalue weighted by Crippen LogP contribution is 2.45. The molecule has 1 heterocycles. The fraction of sp³-hybridized carbons (Fsp3) is 0.391. The number of ether oxygens (including phenoxy) is 2. The van der Waals surface area contributed by atoms with E-state index in [-0.39, 0.29) is 17.9 Å². The van der Waals surface area contributed by atoms with Crippen LogP contribution >= 0.6 is 0 Å². The summed E-state index contributed by atoms with van der Waals surface area (Å²) in [5.74, 6) is 0.464. The van der Waals surface area contributed by atoms with E-state index in [1.54, 1.807) is 20.2 Å². The smallest absolute Gasteiger partial charge is 0.254 e. The molecular formula is C23H26N2O4. The zero-order valence-corrected chi connectivity index (χ0v) is 17.0. The Morgan fingerprint density at radius 1 is 1.21 bits per heavy atom. The third-order valence-corrected chi connectivity index (χ3v) is 5.95. The molecule has 0 bridgehead atoms. The standard InChI is InChI=1S/C23H26N2O4/c1-23(16-7-5-4-6-8-16)13-29-20-17(22(27)24-2)9-14(10-18(20)23)21(26)25-19-11-15(19)12-28-3/h4-10,15,19H,11-13H2,1-3H3,(H,24,27)(H,25,26)/t15-,19+,23?/m1/s1. The molecule has 2 aromatic carbocycles. The van der Waals surface area contributed by atoms with E-state index in [0.717, 1.165) is 17.5 Å². The number of fused-ring (bicyclic) bond motifs is 1. The first kappa shape index (κ1) is 19.5. The quantitative estimate of drug-likeness (QED) is 0.789. The van der Waals surface area contributed by atoms with Gasteiger partial charge in [-0.2, -0.15) is 0 Å². The van der Waals surface area contributed by atoms with E-state index in [2.05, 4.69) is 17.6 Å². The number of hydrogen-bond acceptors (Lipinski definition) is 4. The minimum absolute atomic E-state index is 0.121. The van der Waals surface area contributed by atoms with Crippen LogP contribution in [-0.4, -0.2) is 45.2 Å². The first-order valence-electron chi connectivity index (χ1n) is 9.86. The highest BCUT2D eigenvalue weighted by molar-refractivity contribution is 6.02. The van der Waals surface area contributed by atoms with E-state index in [1.807, 2.05) is 36.4 Å². The molecule has 2 amide bonds. The van der Waals surface area contributed by atoms with Crippen molar-refractivity contribution in [2.45, 2.75) is 24.8 Å². The molecule has 0 spiro atoms. The second-order valence-electron chi connectivity index (χ2n) is 8.00. The Hall–Kier alpha value is -2.86. The van der Waals surface area contributed by atoms with Crippen molar-refractivity contribution >= 4 is 11.8 Å². The molecule has 1 saturated carbocycles. The maximum Gasteiger partial charge on any atom is 0.254 e. The number of amides is 2. The summed E-state index contributed by atoms with van der Waals surface area (Å²) in [6.45, 7) is 3.14. The molecule has 6 heteroatoms. The molecule has 4 rings (SSSR count). The van der Waals surface area contributed by atoms with Crippen molar-refractivity contribution < 1.29 is 19.1 Å². The van der Waals surface area contributed by atoms with Gasteiger partial charge in [0, 0.05) is 37.2 Å². The Balaban J connectivity index is 1.72. The van der Waals surface area contributed by atoms with Crippen molar-refractivity contribution in [2.24, 2.45) is 5.92 Å². The van der Waals surface area contributed by atoms with Gasteiger partial charge in [-0.3, -0.25) is 9.59 Å². The molecule has 2 N–H and O–H groups in total. The average molecular weight is 394 g/mol. The van der Waals surface area contributed by atoms with Crippen LogP contribution in [-0.2, 0) is 10.2 Å². The van der Waals surface area contributed by atoms with Gasteiger partial charge in [0.15, 0.2) is 0 Å². The second kappa shape index (κ2) is 7.52. The van der Waals surface area contributed by atoms with Crippen LogP contribution in [0.1, 0.15) is 45.2 Å². The Kier molecular flexibility index (Phi) is 5.04.